The highest BCUT2D eigenvalue weighted by Crippen LogP contribution is 2.38. The van der Waals surface area contributed by atoms with Crippen molar-refractivity contribution in [1.82, 2.24) is 0 Å². The lowest BCUT2D eigenvalue weighted by Gasteiger charge is -2.17. The van der Waals surface area contributed by atoms with Gasteiger partial charge >= 0.3 is 0 Å². The summed E-state index contributed by atoms with van der Waals surface area (Å²) in [4.78, 5) is 27.5. The van der Waals surface area contributed by atoms with Gasteiger partial charge < -0.3 is 19.5 Å². The van der Waals surface area contributed by atoms with Gasteiger partial charge in [0.25, 0.3) is 11.8 Å². The fourth-order valence-electron chi connectivity index (χ4n) is 3.59. The van der Waals surface area contributed by atoms with E-state index in [9.17, 15) is 18.4 Å². The van der Waals surface area contributed by atoms with Crippen molar-refractivity contribution in [2.24, 2.45) is 0 Å². The van der Waals surface area contributed by atoms with Crippen molar-refractivity contribution in [2.45, 2.75) is 0 Å². The van der Waals surface area contributed by atoms with Crippen molar-refractivity contribution in [2.75, 3.05) is 31.5 Å². The van der Waals surface area contributed by atoms with Gasteiger partial charge in [0.1, 0.15) is 34.6 Å². The molecule has 174 valence electrons. The first-order chi connectivity index (χ1) is 16.4. The molecular formula is C25H20F2N2O5. The van der Waals surface area contributed by atoms with E-state index in [4.69, 9.17) is 14.2 Å². The Morgan fingerprint density at radius 2 is 1.44 bits per heavy atom. The highest BCUT2D eigenvalue weighted by molar-refractivity contribution is 6.46. The van der Waals surface area contributed by atoms with E-state index in [1.165, 1.54) is 21.3 Å². The zero-order chi connectivity index (χ0) is 24.4. The van der Waals surface area contributed by atoms with Crippen LogP contribution in [0, 0.1) is 11.6 Å². The van der Waals surface area contributed by atoms with Gasteiger partial charge in [0, 0.05) is 12.1 Å². The standard InChI is InChI=1S/C25H20F2N2O5/c1-32-16-7-4-14(5-8-16)22-23(28-19-13-17(33-2)9-11-21(19)34-3)25(31)29(24(22)30)20-12-15(26)6-10-18(20)27/h4-13,28H,1-3H3. The number of hydrogen-bond donors (Lipinski definition) is 1. The van der Waals surface area contributed by atoms with Gasteiger partial charge in [0.05, 0.1) is 38.3 Å². The van der Waals surface area contributed by atoms with Crippen LogP contribution < -0.4 is 24.4 Å². The Bertz CT molecular complexity index is 1310. The number of methoxy groups -OCH3 is 3. The average molecular weight is 466 g/mol. The van der Waals surface area contributed by atoms with Crippen LogP contribution in [0.15, 0.2) is 66.4 Å². The van der Waals surface area contributed by atoms with E-state index in [-0.39, 0.29) is 11.3 Å². The summed E-state index contributed by atoms with van der Waals surface area (Å²) in [6, 6.07) is 13.9. The van der Waals surface area contributed by atoms with Crippen LogP contribution in [0.4, 0.5) is 20.2 Å². The van der Waals surface area contributed by atoms with Crippen molar-refractivity contribution in [3.63, 3.8) is 0 Å². The molecule has 1 aliphatic heterocycles. The summed E-state index contributed by atoms with van der Waals surface area (Å²) in [6.07, 6.45) is 0. The molecule has 0 aliphatic carbocycles. The predicted octanol–water partition coefficient (Wildman–Crippen LogP) is 4.39. The molecule has 0 saturated heterocycles. The largest absolute Gasteiger partial charge is 0.497 e. The van der Waals surface area contributed by atoms with Crippen molar-refractivity contribution in [3.8, 4) is 17.2 Å². The highest BCUT2D eigenvalue weighted by Gasteiger charge is 2.41. The maximum Gasteiger partial charge on any atom is 0.282 e. The molecule has 0 atom stereocenters. The van der Waals surface area contributed by atoms with E-state index < -0.39 is 29.1 Å². The lowest BCUT2D eigenvalue weighted by Crippen LogP contribution is -2.33. The van der Waals surface area contributed by atoms with Crippen molar-refractivity contribution < 1.29 is 32.6 Å². The molecule has 0 radical (unpaired) electrons. The van der Waals surface area contributed by atoms with E-state index in [0.717, 1.165) is 18.2 Å². The Hall–Kier alpha value is -4.40. The molecule has 2 amide bonds. The molecule has 34 heavy (non-hydrogen) atoms. The Morgan fingerprint density at radius 3 is 2.09 bits per heavy atom. The molecule has 0 fully saturated rings. The second-order valence-corrected chi connectivity index (χ2v) is 7.21. The monoisotopic (exact) mass is 466 g/mol. The van der Waals surface area contributed by atoms with Gasteiger partial charge in [-0.25, -0.2) is 13.7 Å². The van der Waals surface area contributed by atoms with Crippen molar-refractivity contribution in [1.29, 1.82) is 0 Å². The summed E-state index contributed by atoms with van der Waals surface area (Å²) in [5.74, 6) is -2.00. The van der Waals surface area contributed by atoms with Crippen LogP contribution in [0.2, 0.25) is 0 Å². The van der Waals surface area contributed by atoms with Gasteiger partial charge in [-0.1, -0.05) is 12.1 Å². The number of rotatable bonds is 7. The van der Waals surface area contributed by atoms with E-state index in [1.54, 1.807) is 42.5 Å². The SMILES string of the molecule is COc1ccc(C2=C(Nc3cc(OC)ccc3OC)C(=O)N(c3cc(F)ccc3F)C2=O)cc1. The molecule has 1 heterocycles. The smallest absolute Gasteiger partial charge is 0.282 e. The minimum absolute atomic E-state index is 0.0267. The zero-order valence-corrected chi connectivity index (χ0v) is 18.5. The number of benzene rings is 3. The first-order valence-corrected chi connectivity index (χ1v) is 10.1. The van der Waals surface area contributed by atoms with Gasteiger partial charge in [0.2, 0.25) is 0 Å². The highest BCUT2D eigenvalue weighted by atomic mass is 19.1. The van der Waals surface area contributed by atoms with Crippen molar-refractivity contribution in [3.05, 3.63) is 83.6 Å². The van der Waals surface area contributed by atoms with E-state index >= 15 is 0 Å². The van der Waals surface area contributed by atoms with Crippen molar-refractivity contribution >= 4 is 28.8 Å². The summed E-state index contributed by atoms with van der Waals surface area (Å²) in [5.41, 5.74) is 0.0652. The number of hydrogen-bond acceptors (Lipinski definition) is 6. The average Bonchev–Trinajstić information content (AvgIpc) is 3.09. The topological polar surface area (TPSA) is 77.1 Å². The van der Waals surface area contributed by atoms with Crippen LogP contribution in [-0.4, -0.2) is 33.1 Å². The fourth-order valence-corrected chi connectivity index (χ4v) is 3.59. The first-order valence-electron chi connectivity index (χ1n) is 10.1. The van der Waals surface area contributed by atoms with Crippen LogP contribution in [0.1, 0.15) is 5.56 Å². The van der Waals surface area contributed by atoms with Gasteiger partial charge in [-0.2, -0.15) is 0 Å². The third-order valence-corrected chi connectivity index (χ3v) is 5.28. The Kier molecular flexibility index (Phi) is 6.18. The number of ether oxygens (including phenoxy) is 3. The lowest BCUT2D eigenvalue weighted by molar-refractivity contribution is -0.120. The molecular weight excluding hydrogens is 446 g/mol. The first kappa shape index (κ1) is 22.8. The molecule has 1 aliphatic rings. The molecule has 1 N–H and O–H groups in total. The van der Waals surface area contributed by atoms with Crippen LogP contribution >= 0.6 is 0 Å². The quantitative estimate of drug-likeness (QED) is 0.521. The maximum absolute atomic E-state index is 14.6. The number of amides is 2. The molecule has 3 aromatic rings. The number of nitrogens with one attached hydrogen (secondary N) is 1. The predicted molar refractivity (Wildman–Crippen MR) is 122 cm³/mol. The summed E-state index contributed by atoms with van der Waals surface area (Å²) >= 11 is 0. The third-order valence-electron chi connectivity index (χ3n) is 5.28. The molecule has 9 heteroatoms. The maximum atomic E-state index is 14.6. The molecule has 0 saturated carbocycles. The third kappa shape index (κ3) is 4.03. The molecule has 7 nitrogen and oxygen atoms in total. The molecule has 0 bridgehead atoms. The zero-order valence-electron chi connectivity index (χ0n) is 18.5. The molecule has 0 aromatic heterocycles. The number of carbonyl (C=O) groups is 2. The minimum Gasteiger partial charge on any atom is -0.497 e. The summed E-state index contributed by atoms with van der Waals surface area (Å²) in [7, 11) is 4.42. The molecule has 4 rings (SSSR count). The second kappa shape index (κ2) is 9.22. The number of carbonyl (C=O) groups excluding carboxylic acids is 2. The van der Waals surface area contributed by atoms with E-state index in [2.05, 4.69) is 5.32 Å². The molecule has 0 spiro atoms. The van der Waals surface area contributed by atoms with Crippen LogP contribution in [0.3, 0.4) is 0 Å². The van der Waals surface area contributed by atoms with Crippen LogP contribution in [0.25, 0.3) is 5.57 Å². The lowest BCUT2D eigenvalue weighted by atomic mass is 10.0. The second-order valence-electron chi connectivity index (χ2n) is 7.21. The summed E-state index contributed by atoms with van der Waals surface area (Å²) in [5, 5.41) is 2.94. The van der Waals surface area contributed by atoms with Crippen LogP contribution in [0.5, 0.6) is 17.2 Å². The fraction of sp³-hybridized carbons (Fsp3) is 0.120. The molecule has 3 aromatic carbocycles. The Labute approximate surface area is 194 Å². The van der Waals surface area contributed by atoms with Gasteiger partial charge in [-0.05, 0) is 42.0 Å². The summed E-state index contributed by atoms with van der Waals surface area (Å²) in [6.45, 7) is 0. The number of imide groups is 1. The normalized spacial score (nSPS) is 13.4. The van der Waals surface area contributed by atoms with Crippen LogP contribution in [-0.2, 0) is 9.59 Å². The van der Waals surface area contributed by atoms with Gasteiger partial charge in [-0.15, -0.1) is 0 Å². The Balaban J connectivity index is 1.87. The van der Waals surface area contributed by atoms with E-state index in [0.29, 0.717) is 33.4 Å². The van der Waals surface area contributed by atoms with Gasteiger partial charge in [-0.3, -0.25) is 9.59 Å². The van der Waals surface area contributed by atoms with E-state index in [1.807, 2.05) is 0 Å². The minimum atomic E-state index is -0.919. The number of anilines is 2. The summed E-state index contributed by atoms with van der Waals surface area (Å²) < 4.78 is 44.2. The molecule has 0 unspecified atom stereocenters. The number of nitrogens with zero attached hydrogens (tertiary/aromatic N) is 1. The Morgan fingerprint density at radius 1 is 0.765 bits per heavy atom. The number of halogens is 2. The van der Waals surface area contributed by atoms with Gasteiger partial charge in [0.15, 0.2) is 0 Å².